The van der Waals surface area contributed by atoms with Crippen molar-refractivity contribution in [1.29, 1.82) is 0 Å². The van der Waals surface area contributed by atoms with E-state index in [1.165, 1.54) is 24.3 Å². The molecule has 0 unspecified atom stereocenters. The van der Waals surface area contributed by atoms with Gasteiger partial charge in [-0.25, -0.2) is 8.42 Å². The second-order valence-electron chi connectivity index (χ2n) is 8.50. The molecule has 4 rings (SSSR count). The first-order chi connectivity index (χ1) is 16.4. The van der Waals surface area contributed by atoms with Crippen LogP contribution >= 0.6 is 0 Å². The molecule has 0 N–H and O–H groups in total. The largest absolute Gasteiger partial charge is 0.416 e. The van der Waals surface area contributed by atoms with Gasteiger partial charge in [-0.2, -0.15) is 13.2 Å². The summed E-state index contributed by atoms with van der Waals surface area (Å²) < 4.78 is 68.1. The number of benzene rings is 2. The molecule has 1 amide bonds. The fraction of sp³-hybridized carbons (Fsp3) is 0.333. The van der Waals surface area contributed by atoms with Gasteiger partial charge in [-0.15, -0.1) is 0 Å². The molecule has 1 aliphatic heterocycles. The Morgan fingerprint density at radius 3 is 2.14 bits per heavy atom. The number of aromatic nitrogens is 1. The Bertz CT molecular complexity index is 1340. The van der Waals surface area contributed by atoms with Crippen LogP contribution < -0.4 is 4.90 Å². The zero-order chi connectivity index (χ0) is 25.5. The van der Waals surface area contributed by atoms with Gasteiger partial charge in [0.2, 0.25) is 0 Å². The summed E-state index contributed by atoms with van der Waals surface area (Å²) in [5.41, 5.74) is 1.90. The summed E-state index contributed by atoms with van der Waals surface area (Å²) in [5.74, 6) is 0.174. The minimum atomic E-state index is -4.40. The van der Waals surface area contributed by atoms with Crippen molar-refractivity contribution in [2.24, 2.45) is 0 Å². The second kappa shape index (κ2) is 9.03. The standard InChI is InChI=1S/C24H24F3N3O4S/c1-15-22(16(2)34-28-15)20-9-8-19(35(3,32)33)14-21(20)23(31)30-12-10-29(11-13-30)18-6-4-17(5-7-18)24(25,26)27/h4-9,14H,10-13H2,1-3H3. The van der Waals surface area contributed by atoms with Gasteiger partial charge in [-0.1, -0.05) is 11.2 Å². The molecule has 0 atom stereocenters. The number of aryl methyl sites for hydroxylation is 2. The highest BCUT2D eigenvalue weighted by atomic mass is 32.2. The van der Waals surface area contributed by atoms with Gasteiger partial charge in [0.1, 0.15) is 5.76 Å². The lowest BCUT2D eigenvalue weighted by Crippen LogP contribution is -2.49. The summed E-state index contributed by atoms with van der Waals surface area (Å²) in [7, 11) is -3.55. The average molecular weight is 508 g/mol. The van der Waals surface area contributed by atoms with Crippen LogP contribution in [0.4, 0.5) is 18.9 Å². The average Bonchev–Trinajstić information content (AvgIpc) is 3.15. The lowest BCUT2D eigenvalue weighted by Gasteiger charge is -2.36. The number of amides is 1. The number of rotatable bonds is 4. The smallest absolute Gasteiger partial charge is 0.368 e. The third kappa shape index (κ3) is 5.04. The SMILES string of the molecule is Cc1noc(C)c1-c1ccc(S(C)(=O)=O)cc1C(=O)N1CCN(c2ccc(C(F)(F)F)cc2)CC1. The number of sulfone groups is 1. The van der Waals surface area contributed by atoms with Gasteiger partial charge >= 0.3 is 6.18 Å². The molecule has 1 aromatic heterocycles. The molecule has 11 heteroatoms. The van der Waals surface area contributed by atoms with Crippen LogP contribution in [-0.2, 0) is 16.0 Å². The Kier molecular flexibility index (Phi) is 6.39. The number of carbonyl (C=O) groups excluding carboxylic acids is 1. The third-order valence-electron chi connectivity index (χ3n) is 6.08. The molecule has 0 radical (unpaired) electrons. The van der Waals surface area contributed by atoms with Crippen molar-refractivity contribution in [2.75, 3.05) is 37.3 Å². The van der Waals surface area contributed by atoms with E-state index in [1.54, 1.807) is 24.8 Å². The summed E-state index contributed by atoms with van der Waals surface area (Å²) in [5, 5.41) is 3.95. The fourth-order valence-electron chi connectivity index (χ4n) is 4.22. The van der Waals surface area contributed by atoms with Gasteiger partial charge in [-0.05, 0) is 55.8 Å². The second-order valence-corrected chi connectivity index (χ2v) is 10.5. The van der Waals surface area contributed by atoms with Crippen molar-refractivity contribution in [2.45, 2.75) is 24.9 Å². The number of carbonyl (C=O) groups is 1. The molecule has 1 saturated heterocycles. The number of anilines is 1. The molecule has 2 heterocycles. The minimum Gasteiger partial charge on any atom is -0.368 e. The first kappa shape index (κ1) is 24.8. The third-order valence-corrected chi connectivity index (χ3v) is 7.19. The maximum Gasteiger partial charge on any atom is 0.416 e. The van der Waals surface area contributed by atoms with E-state index in [0.717, 1.165) is 18.4 Å². The van der Waals surface area contributed by atoms with Crippen molar-refractivity contribution in [3.63, 3.8) is 0 Å². The monoisotopic (exact) mass is 507 g/mol. The fourth-order valence-corrected chi connectivity index (χ4v) is 4.86. The first-order valence-corrected chi connectivity index (χ1v) is 12.7. The zero-order valence-corrected chi connectivity index (χ0v) is 20.2. The molecule has 0 bridgehead atoms. The Balaban J connectivity index is 1.59. The summed E-state index contributed by atoms with van der Waals surface area (Å²) in [6.07, 6.45) is -3.32. The number of piperazine rings is 1. The van der Waals surface area contributed by atoms with E-state index in [4.69, 9.17) is 4.52 Å². The lowest BCUT2D eigenvalue weighted by atomic mass is 9.97. The Labute approximate surface area is 201 Å². The molecule has 0 aliphatic carbocycles. The van der Waals surface area contributed by atoms with Gasteiger partial charge in [-0.3, -0.25) is 4.79 Å². The van der Waals surface area contributed by atoms with Crippen LogP contribution in [0, 0.1) is 13.8 Å². The summed E-state index contributed by atoms with van der Waals surface area (Å²) in [6.45, 7) is 4.95. The number of alkyl halides is 3. The van der Waals surface area contributed by atoms with Crippen LogP contribution in [0.5, 0.6) is 0 Å². The van der Waals surface area contributed by atoms with Crippen molar-refractivity contribution in [3.8, 4) is 11.1 Å². The summed E-state index contributed by atoms with van der Waals surface area (Å²) >= 11 is 0. The first-order valence-electron chi connectivity index (χ1n) is 10.8. The lowest BCUT2D eigenvalue weighted by molar-refractivity contribution is -0.137. The van der Waals surface area contributed by atoms with Crippen LogP contribution in [0.15, 0.2) is 51.9 Å². The zero-order valence-electron chi connectivity index (χ0n) is 19.4. The van der Waals surface area contributed by atoms with E-state index in [0.29, 0.717) is 54.4 Å². The molecule has 35 heavy (non-hydrogen) atoms. The van der Waals surface area contributed by atoms with Crippen LogP contribution in [0.25, 0.3) is 11.1 Å². The molecule has 0 spiro atoms. The highest BCUT2D eigenvalue weighted by Gasteiger charge is 2.31. The molecule has 186 valence electrons. The van der Waals surface area contributed by atoms with Crippen molar-refractivity contribution < 1.29 is 30.9 Å². The molecule has 1 aliphatic rings. The van der Waals surface area contributed by atoms with Gasteiger partial charge in [0.25, 0.3) is 5.91 Å². The van der Waals surface area contributed by atoms with Crippen LogP contribution in [0.3, 0.4) is 0 Å². The Morgan fingerprint density at radius 1 is 1.00 bits per heavy atom. The molecule has 3 aromatic rings. The Hall–Kier alpha value is -3.34. The van der Waals surface area contributed by atoms with E-state index in [9.17, 15) is 26.4 Å². The van der Waals surface area contributed by atoms with Crippen molar-refractivity contribution >= 4 is 21.4 Å². The quantitative estimate of drug-likeness (QED) is 0.522. The van der Waals surface area contributed by atoms with Crippen LogP contribution in [0.2, 0.25) is 0 Å². The predicted molar refractivity (Wildman–Crippen MR) is 124 cm³/mol. The van der Waals surface area contributed by atoms with Crippen molar-refractivity contribution in [3.05, 3.63) is 65.0 Å². The maximum atomic E-state index is 13.6. The molecule has 2 aromatic carbocycles. The Morgan fingerprint density at radius 2 is 1.63 bits per heavy atom. The molecular weight excluding hydrogens is 483 g/mol. The number of halogens is 3. The van der Waals surface area contributed by atoms with Crippen molar-refractivity contribution in [1.82, 2.24) is 10.1 Å². The van der Waals surface area contributed by atoms with Gasteiger partial charge in [0.05, 0.1) is 16.2 Å². The van der Waals surface area contributed by atoms with Gasteiger partial charge < -0.3 is 14.3 Å². The van der Waals surface area contributed by atoms with Crippen LogP contribution in [-0.4, -0.2) is 56.8 Å². The van der Waals surface area contributed by atoms with Gasteiger partial charge in [0.15, 0.2) is 9.84 Å². The highest BCUT2D eigenvalue weighted by Crippen LogP contribution is 2.33. The number of hydrogen-bond acceptors (Lipinski definition) is 6. The summed E-state index contributed by atoms with van der Waals surface area (Å²) in [6, 6.07) is 9.35. The molecule has 0 saturated carbocycles. The van der Waals surface area contributed by atoms with E-state index in [2.05, 4.69) is 5.16 Å². The topological polar surface area (TPSA) is 83.7 Å². The van der Waals surface area contributed by atoms with E-state index < -0.39 is 21.6 Å². The van der Waals surface area contributed by atoms with E-state index in [-0.39, 0.29) is 16.4 Å². The maximum absolute atomic E-state index is 13.6. The number of hydrogen-bond donors (Lipinski definition) is 0. The molecule has 7 nitrogen and oxygen atoms in total. The summed E-state index contributed by atoms with van der Waals surface area (Å²) in [4.78, 5) is 17.1. The van der Waals surface area contributed by atoms with Gasteiger partial charge in [0, 0.05) is 49.2 Å². The minimum absolute atomic E-state index is 0.0275. The molecule has 1 fully saturated rings. The predicted octanol–water partition coefficient (Wildman–Crippen LogP) is 4.34. The molecular formula is C24H24F3N3O4S. The highest BCUT2D eigenvalue weighted by molar-refractivity contribution is 7.90. The number of nitrogens with zero attached hydrogens (tertiary/aromatic N) is 3. The van der Waals surface area contributed by atoms with Crippen LogP contribution in [0.1, 0.15) is 27.4 Å². The van der Waals surface area contributed by atoms with E-state index >= 15 is 0 Å². The van der Waals surface area contributed by atoms with E-state index in [1.807, 2.05) is 4.90 Å². The normalized spacial score (nSPS) is 14.9.